The molecule has 8 heteroatoms. The summed E-state index contributed by atoms with van der Waals surface area (Å²) >= 11 is 0.763. The van der Waals surface area contributed by atoms with Crippen LogP contribution in [0.15, 0.2) is 47.4 Å². The molecule has 0 atom stereocenters. The van der Waals surface area contributed by atoms with Crippen LogP contribution in [0, 0.1) is 0 Å². The molecule has 0 radical (unpaired) electrons. The number of hydrogen-bond donors (Lipinski definition) is 2. The molecule has 3 rings (SSSR count). The summed E-state index contributed by atoms with van der Waals surface area (Å²) in [6, 6.07) is 12.0. The van der Waals surface area contributed by atoms with Gasteiger partial charge in [-0.05, 0) is 59.1 Å². The number of phenols is 1. The standard InChI is InChI=1S/C22H22N2O5S/c1-13(2)15-5-7-16(8-6-15)23-20(26)12-24-21(27)19(30-22(24)28)11-14-4-9-17(25)18(10-14)29-3/h4-11,13,25H,12H2,1-3H3,(H,23,26)/b19-11+. The monoisotopic (exact) mass is 426 g/mol. The van der Waals surface area contributed by atoms with E-state index in [9.17, 15) is 19.5 Å². The lowest BCUT2D eigenvalue weighted by Crippen LogP contribution is -2.36. The second-order valence-electron chi connectivity index (χ2n) is 7.02. The number of thioether (sulfide) groups is 1. The highest BCUT2D eigenvalue weighted by atomic mass is 32.2. The number of ether oxygens (including phenoxy) is 1. The normalized spacial score (nSPS) is 15.2. The second-order valence-corrected chi connectivity index (χ2v) is 8.02. The molecule has 2 N–H and O–H groups in total. The van der Waals surface area contributed by atoms with Gasteiger partial charge in [-0.15, -0.1) is 0 Å². The highest BCUT2D eigenvalue weighted by Gasteiger charge is 2.36. The number of imide groups is 1. The molecule has 1 heterocycles. The van der Waals surface area contributed by atoms with Crippen molar-refractivity contribution in [1.29, 1.82) is 0 Å². The van der Waals surface area contributed by atoms with E-state index in [1.54, 1.807) is 24.3 Å². The number of carbonyl (C=O) groups is 3. The number of methoxy groups -OCH3 is 1. The lowest BCUT2D eigenvalue weighted by atomic mass is 10.0. The third-order valence-electron chi connectivity index (χ3n) is 4.54. The van der Waals surface area contributed by atoms with E-state index in [1.165, 1.54) is 19.3 Å². The molecule has 1 aliphatic rings. The summed E-state index contributed by atoms with van der Waals surface area (Å²) in [6.07, 6.45) is 1.52. The Morgan fingerprint density at radius 3 is 2.53 bits per heavy atom. The molecule has 1 aliphatic heterocycles. The summed E-state index contributed by atoms with van der Waals surface area (Å²) in [5, 5.41) is 11.9. The topological polar surface area (TPSA) is 95.9 Å². The van der Waals surface area contributed by atoms with Gasteiger partial charge in [0.2, 0.25) is 5.91 Å². The number of carbonyl (C=O) groups excluding carboxylic acids is 3. The maximum atomic E-state index is 12.6. The summed E-state index contributed by atoms with van der Waals surface area (Å²) in [7, 11) is 1.42. The van der Waals surface area contributed by atoms with Crippen LogP contribution in [-0.2, 0) is 9.59 Å². The lowest BCUT2D eigenvalue weighted by molar-refractivity contribution is -0.127. The Hall–Kier alpha value is -3.26. The van der Waals surface area contributed by atoms with Crippen molar-refractivity contribution in [2.24, 2.45) is 0 Å². The van der Waals surface area contributed by atoms with E-state index in [0.717, 1.165) is 22.2 Å². The Morgan fingerprint density at radius 2 is 1.90 bits per heavy atom. The molecule has 156 valence electrons. The first-order valence-corrected chi connectivity index (χ1v) is 10.1. The van der Waals surface area contributed by atoms with Gasteiger partial charge in [-0.3, -0.25) is 19.3 Å². The fraction of sp³-hybridized carbons (Fsp3) is 0.227. The van der Waals surface area contributed by atoms with Crippen LogP contribution < -0.4 is 10.1 Å². The first-order valence-electron chi connectivity index (χ1n) is 9.30. The van der Waals surface area contributed by atoms with Gasteiger partial charge in [0.05, 0.1) is 12.0 Å². The molecule has 0 bridgehead atoms. The minimum absolute atomic E-state index is 0.0270. The quantitative estimate of drug-likeness (QED) is 0.672. The van der Waals surface area contributed by atoms with Gasteiger partial charge in [0.25, 0.3) is 11.1 Å². The van der Waals surface area contributed by atoms with Crippen LogP contribution in [0.25, 0.3) is 6.08 Å². The zero-order valence-electron chi connectivity index (χ0n) is 16.8. The molecule has 7 nitrogen and oxygen atoms in total. The third kappa shape index (κ3) is 4.83. The molecular formula is C22H22N2O5S. The van der Waals surface area contributed by atoms with Gasteiger partial charge in [0, 0.05) is 5.69 Å². The first-order chi connectivity index (χ1) is 14.3. The van der Waals surface area contributed by atoms with Crippen LogP contribution in [0.2, 0.25) is 0 Å². The number of anilines is 1. The van der Waals surface area contributed by atoms with E-state index in [4.69, 9.17) is 4.74 Å². The highest BCUT2D eigenvalue weighted by molar-refractivity contribution is 8.18. The van der Waals surface area contributed by atoms with Crippen molar-refractivity contribution in [3.8, 4) is 11.5 Å². The van der Waals surface area contributed by atoms with E-state index >= 15 is 0 Å². The Kier molecular flexibility index (Phi) is 6.47. The van der Waals surface area contributed by atoms with Crippen molar-refractivity contribution >= 4 is 40.6 Å². The van der Waals surface area contributed by atoms with Crippen molar-refractivity contribution in [1.82, 2.24) is 4.90 Å². The van der Waals surface area contributed by atoms with Crippen molar-refractivity contribution < 1.29 is 24.2 Å². The summed E-state index contributed by atoms with van der Waals surface area (Å²) < 4.78 is 5.05. The van der Waals surface area contributed by atoms with E-state index in [2.05, 4.69) is 19.2 Å². The Morgan fingerprint density at radius 1 is 1.20 bits per heavy atom. The number of nitrogens with zero attached hydrogens (tertiary/aromatic N) is 1. The number of amides is 3. The highest BCUT2D eigenvalue weighted by Crippen LogP contribution is 2.34. The van der Waals surface area contributed by atoms with E-state index in [-0.39, 0.29) is 22.9 Å². The molecule has 0 aliphatic carbocycles. The molecule has 3 amide bonds. The Labute approximate surface area is 178 Å². The number of aromatic hydroxyl groups is 1. The lowest BCUT2D eigenvalue weighted by Gasteiger charge is -2.13. The van der Waals surface area contributed by atoms with Crippen LogP contribution in [0.4, 0.5) is 10.5 Å². The number of rotatable bonds is 6. The summed E-state index contributed by atoms with van der Waals surface area (Å²) in [5.41, 5.74) is 2.34. The first kappa shape index (κ1) is 21.4. The molecule has 0 aromatic heterocycles. The van der Waals surface area contributed by atoms with Gasteiger partial charge in [0.15, 0.2) is 11.5 Å². The maximum Gasteiger partial charge on any atom is 0.294 e. The smallest absolute Gasteiger partial charge is 0.294 e. The molecule has 2 aromatic rings. The van der Waals surface area contributed by atoms with Crippen LogP contribution in [0.5, 0.6) is 11.5 Å². The summed E-state index contributed by atoms with van der Waals surface area (Å²) in [4.78, 5) is 38.3. The summed E-state index contributed by atoms with van der Waals surface area (Å²) in [6.45, 7) is 3.79. The fourth-order valence-corrected chi connectivity index (χ4v) is 3.71. The number of benzene rings is 2. The van der Waals surface area contributed by atoms with Gasteiger partial charge < -0.3 is 15.2 Å². The average molecular weight is 426 g/mol. The number of phenolic OH excluding ortho intramolecular Hbond substituents is 1. The maximum absolute atomic E-state index is 12.6. The van der Waals surface area contributed by atoms with Crippen molar-refractivity contribution in [2.45, 2.75) is 19.8 Å². The molecule has 1 saturated heterocycles. The zero-order valence-corrected chi connectivity index (χ0v) is 17.7. The van der Waals surface area contributed by atoms with Crippen LogP contribution in [0.1, 0.15) is 30.9 Å². The average Bonchev–Trinajstić information content (AvgIpc) is 2.97. The van der Waals surface area contributed by atoms with Crippen molar-refractivity contribution in [3.63, 3.8) is 0 Å². The molecule has 2 aromatic carbocycles. The van der Waals surface area contributed by atoms with Gasteiger partial charge in [-0.1, -0.05) is 32.0 Å². The van der Waals surface area contributed by atoms with Crippen LogP contribution >= 0.6 is 11.8 Å². The Balaban J connectivity index is 1.68. The predicted molar refractivity (Wildman–Crippen MR) is 116 cm³/mol. The molecule has 30 heavy (non-hydrogen) atoms. The largest absolute Gasteiger partial charge is 0.504 e. The molecule has 0 saturated carbocycles. The minimum atomic E-state index is -0.539. The van der Waals surface area contributed by atoms with Crippen LogP contribution in [-0.4, -0.2) is 40.7 Å². The molecule has 0 spiro atoms. The van der Waals surface area contributed by atoms with E-state index in [1.807, 2.05) is 12.1 Å². The second kappa shape index (κ2) is 9.04. The minimum Gasteiger partial charge on any atom is -0.504 e. The summed E-state index contributed by atoms with van der Waals surface area (Å²) in [5.74, 6) is -0.387. The van der Waals surface area contributed by atoms with Crippen molar-refractivity contribution in [3.05, 3.63) is 58.5 Å². The van der Waals surface area contributed by atoms with Gasteiger partial charge in [0.1, 0.15) is 6.54 Å². The third-order valence-corrected chi connectivity index (χ3v) is 5.45. The molecule has 0 unspecified atom stereocenters. The van der Waals surface area contributed by atoms with Gasteiger partial charge in [-0.2, -0.15) is 0 Å². The van der Waals surface area contributed by atoms with E-state index in [0.29, 0.717) is 17.2 Å². The molecule has 1 fully saturated rings. The van der Waals surface area contributed by atoms with Crippen molar-refractivity contribution in [2.75, 3.05) is 19.0 Å². The zero-order chi connectivity index (χ0) is 21.8. The Bertz CT molecular complexity index is 1010. The van der Waals surface area contributed by atoms with E-state index < -0.39 is 17.1 Å². The predicted octanol–water partition coefficient (Wildman–Crippen LogP) is 4.20. The van der Waals surface area contributed by atoms with Gasteiger partial charge >= 0.3 is 0 Å². The SMILES string of the molecule is COc1cc(/C=C2/SC(=O)N(CC(=O)Nc3ccc(C(C)C)cc3)C2=O)ccc1O. The van der Waals surface area contributed by atoms with Gasteiger partial charge in [-0.25, -0.2) is 0 Å². The fourth-order valence-electron chi connectivity index (χ4n) is 2.87. The number of nitrogens with one attached hydrogen (secondary N) is 1. The number of hydrogen-bond acceptors (Lipinski definition) is 6. The molecular weight excluding hydrogens is 404 g/mol. The van der Waals surface area contributed by atoms with Crippen LogP contribution in [0.3, 0.4) is 0 Å².